The van der Waals surface area contributed by atoms with Crippen molar-refractivity contribution in [2.24, 2.45) is 0 Å². The second-order valence-electron chi connectivity index (χ2n) is 2.16. The van der Waals surface area contributed by atoms with Gasteiger partial charge in [-0.1, -0.05) is 11.6 Å². The number of hydrogen-bond acceptors (Lipinski definition) is 2. The van der Waals surface area contributed by atoms with Crippen molar-refractivity contribution in [3.63, 3.8) is 0 Å². The van der Waals surface area contributed by atoms with Crippen molar-refractivity contribution < 1.29 is 5.11 Å². The highest BCUT2D eigenvalue weighted by Crippen LogP contribution is 2.27. The molecule has 0 atom stereocenters. The number of anilines is 1. The molecule has 0 radical (unpaired) electrons. The van der Waals surface area contributed by atoms with E-state index in [1.54, 1.807) is 6.07 Å². The maximum absolute atomic E-state index is 9.01. The molecule has 0 saturated carbocycles. The van der Waals surface area contributed by atoms with E-state index in [4.69, 9.17) is 22.4 Å². The molecule has 3 N–H and O–H groups in total. The maximum atomic E-state index is 9.01. The van der Waals surface area contributed by atoms with Crippen LogP contribution in [0.4, 0.5) is 5.69 Å². The third kappa shape index (κ3) is 2.17. The van der Waals surface area contributed by atoms with Gasteiger partial charge in [0.2, 0.25) is 0 Å². The van der Waals surface area contributed by atoms with Crippen LogP contribution in [0.1, 0.15) is 5.56 Å². The Balaban J connectivity index is 0.000001000. The van der Waals surface area contributed by atoms with Crippen LogP contribution in [0.2, 0.25) is 5.02 Å². The van der Waals surface area contributed by atoms with Crippen molar-refractivity contribution >= 4 is 29.7 Å². The molecule has 1 rings (SSSR count). The van der Waals surface area contributed by atoms with E-state index in [9.17, 15) is 0 Å². The molecular formula is C7H9Cl2NO. The van der Waals surface area contributed by atoms with E-state index in [2.05, 4.69) is 0 Å². The minimum Gasteiger partial charge on any atom is -0.506 e. The lowest BCUT2D eigenvalue weighted by Gasteiger charge is -2.01. The topological polar surface area (TPSA) is 46.2 Å². The van der Waals surface area contributed by atoms with Crippen LogP contribution in [-0.4, -0.2) is 5.11 Å². The SMILES string of the molecule is Cc1cc(Cl)c(O)cc1N.Cl. The highest BCUT2D eigenvalue weighted by atomic mass is 35.5. The Bertz CT molecular complexity index is 213. The zero-order valence-corrected chi connectivity index (χ0v) is 7.54. The van der Waals surface area contributed by atoms with Gasteiger partial charge in [0.15, 0.2) is 0 Å². The average Bonchev–Trinajstić information content (AvgIpc) is 1.84. The number of phenolic OH excluding ortho intramolecular Hbond substituents is 1. The van der Waals surface area contributed by atoms with Gasteiger partial charge >= 0.3 is 0 Å². The summed E-state index contributed by atoms with van der Waals surface area (Å²) in [5.74, 6) is 0.0322. The van der Waals surface area contributed by atoms with Gasteiger partial charge in [-0.05, 0) is 18.6 Å². The third-order valence-corrected chi connectivity index (χ3v) is 1.64. The van der Waals surface area contributed by atoms with Gasteiger partial charge in [-0.15, -0.1) is 12.4 Å². The summed E-state index contributed by atoms with van der Waals surface area (Å²) in [6.45, 7) is 1.83. The number of nitrogens with two attached hydrogens (primary N) is 1. The number of rotatable bonds is 0. The Morgan fingerprint density at radius 1 is 1.45 bits per heavy atom. The number of halogens is 2. The fourth-order valence-corrected chi connectivity index (χ4v) is 0.896. The highest BCUT2D eigenvalue weighted by molar-refractivity contribution is 6.32. The smallest absolute Gasteiger partial charge is 0.136 e. The normalized spacial score (nSPS) is 8.91. The fraction of sp³-hybridized carbons (Fsp3) is 0.143. The highest BCUT2D eigenvalue weighted by Gasteiger charge is 2.00. The van der Waals surface area contributed by atoms with Crippen LogP contribution < -0.4 is 5.73 Å². The molecule has 0 aliphatic heterocycles. The van der Waals surface area contributed by atoms with Gasteiger partial charge in [0.05, 0.1) is 5.02 Å². The molecule has 0 fully saturated rings. The van der Waals surface area contributed by atoms with E-state index < -0.39 is 0 Å². The number of hydrogen-bond donors (Lipinski definition) is 2. The van der Waals surface area contributed by atoms with Crippen LogP contribution >= 0.6 is 24.0 Å². The molecule has 0 aliphatic rings. The number of phenols is 1. The van der Waals surface area contributed by atoms with Gasteiger partial charge in [0, 0.05) is 11.8 Å². The monoisotopic (exact) mass is 193 g/mol. The first-order valence-electron chi connectivity index (χ1n) is 2.86. The van der Waals surface area contributed by atoms with Crippen molar-refractivity contribution in [1.82, 2.24) is 0 Å². The summed E-state index contributed by atoms with van der Waals surface area (Å²) in [7, 11) is 0. The quantitative estimate of drug-likeness (QED) is 0.622. The van der Waals surface area contributed by atoms with Crippen LogP contribution in [0.15, 0.2) is 12.1 Å². The predicted octanol–water partition coefficient (Wildman–Crippen LogP) is 2.36. The fourth-order valence-electron chi connectivity index (χ4n) is 0.677. The van der Waals surface area contributed by atoms with Crippen LogP contribution in [0.3, 0.4) is 0 Å². The van der Waals surface area contributed by atoms with Crippen molar-refractivity contribution in [2.45, 2.75) is 6.92 Å². The first-order valence-corrected chi connectivity index (χ1v) is 3.23. The molecule has 1 aromatic carbocycles. The van der Waals surface area contributed by atoms with E-state index in [1.165, 1.54) is 6.07 Å². The Morgan fingerprint density at radius 2 is 2.00 bits per heavy atom. The van der Waals surface area contributed by atoms with Gasteiger partial charge in [0.1, 0.15) is 5.75 Å². The van der Waals surface area contributed by atoms with Gasteiger partial charge in [0.25, 0.3) is 0 Å². The van der Waals surface area contributed by atoms with Gasteiger partial charge < -0.3 is 10.8 Å². The van der Waals surface area contributed by atoms with Gasteiger partial charge in [-0.25, -0.2) is 0 Å². The lowest BCUT2D eigenvalue weighted by atomic mass is 10.2. The molecule has 62 valence electrons. The van der Waals surface area contributed by atoms with E-state index in [1.807, 2.05) is 6.92 Å². The number of benzene rings is 1. The van der Waals surface area contributed by atoms with Crippen molar-refractivity contribution in [2.75, 3.05) is 5.73 Å². The summed E-state index contributed by atoms with van der Waals surface area (Å²) in [6.07, 6.45) is 0. The maximum Gasteiger partial charge on any atom is 0.136 e. The summed E-state index contributed by atoms with van der Waals surface area (Å²) in [5, 5.41) is 9.35. The third-order valence-electron chi connectivity index (χ3n) is 1.34. The molecule has 4 heteroatoms. The van der Waals surface area contributed by atoms with Crippen LogP contribution in [0.25, 0.3) is 0 Å². The summed E-state index contributed by atoms with van der Waals surface area (Å²) < 4.78 is 0. The Labute approximate surface area is 76.4 Å². The second-order valence-corrected chi connectivity index (χ2v) is 2.57. The van der Waals surface area contributed by atoms with Crippen LogP contribution in [0, 0.1) is 6.92 Å². The van der Waals surface area contributed by atoms with Crippen molar-refractivity contribution in [3.8, 4) is 5.75 Å². The Hall–Kier alpha value is -0.600. The largest absolute Gasteiger partial charge is 0.506 e. The van der Waals surface area contributed by atoms with E-state index >= 15 is 0 Å². The van der Waals surface area contributed by atoms with Gasteiger partial charge in [-0.2, -0.15) is 0 Å². The summed E-state index contributed by atoms with van der Waals surface area (Å²) >= 11 is 5.58. The Kier molecular flexibility index (Phi) is 3.49. The zero-order chi connectivity index (χ0) is 7.72. The minimum absolute atomic E-state index is 0. The van der Waals surface area contributed by atoms with Gasteiger partial charge in [-0.3, -0.25) is 0 Å². The second kappa shape index (κ2) is 3.69. The summed E-state index contributed by atoms with van der Waals surface area (Å²) in [4.78, 5) is 0. The molecule has 0 unspecified atom stereocenters. The number of aryl methyl sites for hydroxylation is 1. The van der Waals surface area contributed by atoms with Crippen LogP contribution in [-0.2, 0) is 0 Å². The Morgan fingerprint density at radius 3 is 2.45 bits per heavy atom. The van der Waals surface area contributed by atoms with Crippen molar-refractivity contribution in [3.05, 3.63) is 22.7 Å². The molecule has 0 bridgehead atoms. The van der Waals surface area contributed by atoms with Crippen molar-refractivity contribution in [1.29, 1.82) is 0 Å². The molecule has 2 nitrogen and oxygen atoms in total. The molecule has 11 heavy (non-hydrogen) atoms. The van der Waals surface area contributed by atoms with E-state index in [-0.39, 0.29) is 18.2 Å². The number of aromatic hydroxyl groups is 1. The molecule has 0 saturated heterocycles. The predicted molar refractivity (Wildman–Crippen MR) is 49.5 cm³/mol. The average molecular weight is 194 g/mol. The molecule has 0 aromatic heterocycles. The van der Waals surface area contributed by atoms with E-state index in [0.29, 0.717) is 10.7 Å². The lowest BCUT2D eigenvalue weighted by molar-refractivity contribution is 0.476. The number of nitrogen functional groups attached to an aromatic ring is 1. The lowest BCUT2D eigenvalue weighted by Crippen LogP contribution is -1.88. The molecule has 0 heterocycles. The molecule has 0 spiro atoms. The molecule has 1 aromatic rings. The molecular weight excluding hydrogens is 185 g/mol. The zero-order valence-electron chi connectivity index (χ0n) is 5.97. The van der Waals surface area contributed by atoms with Crippen LogP contribution in [0.5, 0.6) is 5.75 Å². The van der Waals surface area contributed by atoms with E-state index in [0.717, 1.165) is 5.56 Å². The summed E-state index contributed by atoms with van der Waals surface area (Å²) in [6, 6.07) is 3.07. The molecule has 0 aliphatic carbocycles. The molecule has 0 amide bonds. The minimum atomic E-state index is 0. The standard InChI is InChI=1S/C7H8ClNO.ClH/c1-4-2-5(8)7(10)3-6(4)9;/h2-3,10H,9H2,1H3;1H. The summed E-state index contributed by atoms with van der Waals surface area (Å²) in [5.41, 5.74) is 6.91. The first kappa shape index (κ1) is 10.4. The first-order chi connectivity index (χ1) is 4.61.